The van der Waals surface area contributed by atoms with Gasteiger partial charge < -0.3 is 19.9 Å². The van der Waals surface area contributed by atoms with E-state index in [1.54, 1.807) is 46.8 Å². The topological polar surface area (TPSA) is 84.9 Å². The molecule has 128 valence electrons. The van der Waals surface area contributed by atoms with Gasteiger partial charge >= 0.3 is 12.1 Å². The first-order valence-corrected chi connectivity index (χ1v) is 7.55. The van der Waals surface area contributed by atoms with E-state index in [4.69, 9.17) is 9.47 Å². The van der Waals surface area contributed by atoms with Gasteiger partial charge in [0.05, 0.1) is 6.10 Å². The molecular formula is C17H25NO5. The van der Waals surface area contributed by atoms with Crippen LogP contribution in [-0.2, 0) is 20.7 Å². The number of nitrogens with one attached hydrogen (secondary N) is 1. The number of amides is 1. The fourth-order valence-electron chi connectivity index (χ4n) is 1.88. The normalized spacial score (nSPS) is 12.6. The molecule has 1 atom stereocenters. The third-order valence-corrected chi connectivity index (χ3v) is 2.68. The van der Waals surface area contributed by atoms with Gasteiger partial charge in [-0.25, -0.2) is 9.59 Å². The van der Waals surface area contributed by atoms with Crippen molar-refractivity contribution in [1.82, 2.24) is 5.32 Å². The van der Waals surface area contributed by atoms with Crippen molar-refractivity contribution in [1.29, 1.82) is 0 Å². The van der Waals surface area contributed by atoms with Crippen LogP contribution in [0, 0.1) is 0 Å². The molecule has 0 aliphatic carbocycles. The quantitative estimate of drug-likeness (QED) is 0.814. The maximum Gasteiger partial charge on any atom is 0.408 e. The molecule has 1 aromatic rings. The van der Waals surface area contributed by atoms with Crippen molar-refractivity contribution in [3.05, 3.63) is 29.8 Å². The minimum Gasteiger partial charge on any atom is -0.508 e. The molecule has 0 saturated heterocycles. The van der Waals surface area contributed by atoms with Gasteiger partial charge in [-0.15, -0.1) is 0 Å². The molecule has 0 aromatic heterocycles. The van der Waals surface area contributed by atoms with Crippen LogP contribution in [0.1, 0.15) is 40.2 Å². The van der Waals surface area contributed by atoms with Gasteiger partial charge in [0, 0.05) is 6.42 Å². The Morgan fingerprint density at radius 2 is 1.91 bits per heavy atom. The van der Waals surface area contributed by atoms with E-state index < -0.39 is 23.7 Å². The van der Waals surface area contributed by atoms with E-state index in [1.165, 1.54) is 12.1 Å². The van der Waals surface area contributed by atoms with Gasteiger partial charge in [0.15, 0.2) is 0 Å². The Balaban J connectivity index is 2.84. The molecule has 0 radical (unpaired) electrons. The fourth-order valence-corrected chi connectivity index (χ4v) is 1.88. The summed E-state index contributed by atoms with van der Waals surface area (Å²) < 4.78 is 10.4. The Labute approximate surface area is 136 Å². The fraction of sp³-hybridized carbons (Fsp3) is 0.529. The van der Waals surface area contributed by atoms with E-state index in [9.17, 15) is 14.7 Å². The third-order valence-electron chi connectivity index (χ3n) is 2.68. The van der Waals surface area contributed by atoms with Crippen LogP contribution in [0.25, 0.3) is 0 Å². The van der Waals surface area contributed by atoms with Crippen molar-refractivity contribution in [3.8, 4) is 5.75 Å². The molecule has 1 amide bonds. The molecule has 0 aliphatic rings. The molecule has 0 spiro atoms. The highest BCUT2D eigenvalue weighted by atomic mass is 16.6. The summed E-state index contributed by atoms with van der Waals surface area (Å²) in [6.07, 6.45) is -0.794. The molecule has 0 bridgehead atoms. The summed E-state index contributed by atoms with van der Waals surface area (Å²) in [6, 6.07) is 5.60. The Bertz CT molecular complexity index is 548. The van der Waals surface area contributed by atoms with Crippen molar-refractivity contribution in [2.24, 2.45) is 0 Å². The first kappa shape index (κ1) is 18.8. The van der Waals surface area contributed by atoms with Gasteiger partial charge in [0.2, 0.25) is 0 Å². The molecule has 1 aromatic carbocycles. The number of carbonyl (C=O) groups is 2. The molecule has 23 heavy (non-hydrogen) atoms. The van der Waals surface area contributed by atoms with Crippen LogP contribution in [0.15, 0.2) is 24.3 Å². The van der Waals surface area contributed by atoms with E-state index in [-0.39, 0.29) is 18.3 Å². The van der Waals surface area contributed by atoms with Crippen LogP contribution >= 0.6 is 0 Å². The maximum atomic E-state index is 12.2. The number of phenolic OH excluding ortho intramolecular Hbond substituents is 1. The van der Waals surface area contributed by atoms with Crippen LogP contribution in [0.3, 0.4) is 0 Å². The molecule has 6 nitrogen and oxygen atoms in total. The second-order valence-corrected chi connectivity index (χ2v) is 6.56. The maximum absolute atomic E-state index is 12.2. The lowest BCUT2D eigenvalue weighted by Crippen LogP contribution is -2.46. The number of hydrogen-bond acceptors (Lipinski definition) is 5. The Hall–Kier alpha value is -2.24. The van der Waals surface area contributed by atoms with Crippen molar-refractivity contribution < 1.29 is 24.2 Å². The summed E-state index contributed by atoms with van der Waals surface area (Å²) in [6.45, 7) is 8.68. The molecule has 0 fully saturated rings. The van der Waals surface area contributed by atoms with E-state index in [0.29, 0.717) is 5.56 Å². The van der Waals surface area contributed by atoms with Gasteiger partial charge in [-0.3, -0.25) is 0 Å². The number of aromatic hydroxyl groups is 1. The highest BCUT2D eigenvalue weighted by Crippen LogP contribution is 2.14. The standard InChI is InChI=1S/C17H25NO5/c1-11(2)22-15(20)14(18-16(21)23-17(3,4)5)10-12-7-6-8-13(19)9-12/h6-9,11,14,19H,10H2,1-5H3,(H,18,21). The molecular weight excluding hydrogens is 298 g/mol. The lowest BCUT2D eigenvalue weighted by atomic mass is 10.1. The number of phenols is 1. The van der Waals surface area contributed by atoms with Gasteiger partial charge in [-0.2, -0.15) is 0 Å². The lowest BCUT2D eigenvalue weighted by molar-refractivity contribution is -0.149. The van der Waals surface area contributed by atoms with Crippen molar-refractivity contribution >= 4 is 12.1 Å². The van der Waals surface area contributed by atoms with Gasteiger partial charge in [0.25, 0.3) is 0 Å². The second kappa shape index (κ2) is 7.85. The highest BCUT2D eigenvalue weighted by Gasteiger charge is 2.26. The summed E-state index contributed by atoms with van der Waals surface area (Å²) in [7, 11) is 0. The summed E-state index contributed by atoms with van der Waals surface area (Å²) in [4.78, 5) is 24.1. The zero-order chi connectivity index (χ0) is 17.6. The Morgan fingerprint density at radius 3 is 2.43 bits per heavy atom. The predicted octanol–water partition coefficient (Wildman–Crippen LogP) is 2.78. The second-order valence-electron chi connectivity index (χ2n) is 6.56. The smallest absolute Gasteiger partial charge is 0.408 e. The monoisotopic (exact) mass is 323 g/mol. The number of alkyl carbamates (subject to hydrolysis) is 1. The summed E-state index contributed by atoms with van der Waals surface area (Å²) in [5, 5.41) is 12.0. The third kappa shape index (κ3) is 7.54. The lowest BCUT2D eigenvalue weighted by Gasteiger charge is -2.23. The summed E-state index contributed by atoms with van der Waals surface area (Å²) in [5.41, 5.74) is 0.0356. The summed E-state index contributed by atoms with van der Waals surface area (Å²) >= 11 is 0. The highest BCUT2D eigenvalue weighted by molar-refractivity contribution is 5.81. The molecule has 1 unspecified atom stereocenters. The van der Waals surface area contributed by atoms with Crippen molar-refractivity contribution in [3.63, 3.8) is 0 Å². The van der Waals surface area contributed by atoms with Crippen LogP contribution in [0.4, 0.5) is 4.79 Å². The molecule has 0 aliphatic heterocycles. The number of rotatable bonds is 5. The molecule has 1 rings (SSSR count). The molecule has 2 N–H and O–H groups in total. The van der Waals surface area contributed by atoms with E-state index in [2.05, 4.69) is 5.32 Å². The first-order chi connectivity index (χ1) is 10.6. The van der Waals surface area contributed by atoms with Crippen LogP contribution in [0.5, 0.6) is 5.75 Å². The molecule has 0 heterocycles. The van der Waals surface area contributed by atoms with Gasteiger partial charge in [-0.05, 0) is 52.3 Å². The summed E-state index contributed by atoms with van der Waals surface area (Å²) in [5.74, 6) is -0.454. The van der Waals surface area contributed by atoms with Gasteiger partial charge in [-0.1, -0.05) is 12.1 Å². The Kier molecular flexibility index (Phi) is 6.42. The van der Waals surface area contributed by atoms with Gasteiger partial charge in [0.1, 0.15) is 17.4 Å². The van der Waals surface area contributed by atoms with Crippen molar-refractivity contribution in [2.75, 3.05) is 0 Å². The zero-order valence-electron chi connectivity index (χ0n) is 14.3. The van der Waals surface area contributed by atoms with Crippen LogP contribution in [-0.4, -0.2) is 34.9 Å². The Morgan fingerprint density at radius 1 is 1.26 bits per heavy atom. The average Bonchev–Trinajstić information content (AvgIpc) is 2.34. The number of carbonyl (C=O) groups excluding carboxylic acids is 2. The SMILES string of the molecule is CC(C)OC(=O)C(Cc1cccc(O)c1)NC(=O)OC(C)(C)C. The first-order valence-electron chi connectivity index (χ1n) is 7.55. The number of hydrogen-bond donors (Lipinski definition) is 2. The minimum absolute atomic E-state index is 0.0933. The van der Waals surface area contributed by atoms with Crippen LogP contribution in [0.2, 0.25) is 0 Å². The average molecular weight is 323 g/mol. The van der Waals surface area contributed by atoms with Crippen molar-refractivity contribution in [2.45, 2.75) is 58.8 Å². The largest absolute Gasteiger partial charge is 0.508 e. The van der Waals surface area contributed by atoms with E-state index in [1.807, 2.05) is 0 Å². The number of ether oxygens (including phenoxy) is 2. The number of benzene rings is 1. The van der Waals surface area contributed by atoms with E-state index in [0.717, 1.165) is 0 Å². The van der Waals surface area contributed by atoms with E-state index >= 15 is 0 Å². The minimum atomic E-state index is -0.894. The molecule has 0 saturated carbocycles. The number of esters is 1. The zero-order valence-corrected chi connectivity index (χ0v) is 14.3. The van der Waals surface area contributed by atoms with Crippen LogP contribution < -0.4 is 5.32 Å². The molecule has 6 heteroatoms. The predicted molar refractivity (Wildman–Crippen MR) is 86.2 cm³/mol.